The Kier molecular flexibility index (Phi) is 10.4. The first-order valence-electron chi connectivity index (χ1n) is 14.0. The van der Waals surface area contributed by atoms with Crippen LogP contribution in [-0.2, 0) is 12.7 Å². The van der Waals surface area contributed by atoms with Gasteiger partial charge in [0.1, 0.15) is 23.8 Å². The van der Waals surface area contributed by atoms with Crippen molar-refractivity contribution in [2.75, 3.05) is 19.7 Å². The van der Waals surface area contributed by atoms with Crippen LogP contribution in [0.1, 0.15) is 55.3 Å². The van der Waals surface area contributed by atoms with Crippen molar-refractivity contribution in [2.45, 2.75) is 46.3 Å². The van der Waals surface area contributed by atoms with E-state index in [1.807, 2.05) is 20.8 Å². The summed E-state index contributed by atoms with van der Waals surface area (Å²) in [6.45, 7) is 7.83. The van der Waals surface area contributed by atoms with E-state index in [-0.39, 0.29) is 40.1 Å². The quantitative estimate of drug-likeness (QED) is 0.135. The van der Waals surface area contributed by atoms with Gasteiger partial charge in [-0.3, -0.25) is 4.79 Å². The number of halogens is 4. The van der Waals surface area contributed by atoms with Gasteiger partial charge in [-0.25, -0.2) is 4.79 Å². The van der Waals surface area contributed by atoms with E-state index < -0.39 is 29.1 Å². The lowest BCUT2D eigenvalue weighted by atomic mass is 10.1. The minimum atomic E-state index is -5.07. The fraction of sp³-hybridized carbons (Fsp3) is 0.312. The van der Waals surface area contributed by atoms with E-state index in [4.69, 9.17) is 30.2 Å². The number of benzene rings is 3. The topological polar surface area (TPSA) is 79.4 Å². The van der Waals surface area contributed by atoms with E-state index in [1.54, 1.807) is 12.1 Å². The molecule has 0 spiro atoms. The summed E-state index contributed by atoms with van der Waals surface area (Å²) in [6, 6.07) is 14.5. The molecular weight excluding hydrogens is 587 g/mol. The number of rotatable bonds is 12. The molecule has 0 aliphatic heterocycles. The summed E-state index contributed by atoms with van der Waals surface area (Å²) in [5, 5.41) is 0.206. The average molecular weight is 619 g/mol. The van der Waals surface area contributed by atoms with Crippen LogP contribution < -0.4 is 24.5 Å². The highest BCUT2D eigenvalue weighted by Gasteiger charge is 2.41. The van der Waals surface area contributed by atoms with Crippen LogP contribution >= 0.6 is 11.6 Å². The third kappa shape index (κ3) is 7.69. The third-order valence-corrected chi connectivity index (χ3v) is 6.86. The maximum atomic E-state index is 14.3. The number of nitrogens with one attached hydrogen (secondary N) is 1. The molecule has 1 aromatic heterocycles. The zero-order chi connectivity index (χ0) is 31.1. The molecule has 0 aliphatic carbocycles. The van der Waals surface area contributed by atoms with E-state index in [9.17, 15) is 22.8 Å². The van der Waals surface area contributed by atoms with Gasteiger partial charge in [-0.05, 0) is 80.4 Å². The molecule has 0 saturated heterocycles. The third-order valence-electron chi connectivity index (χ3n) is 6.61. The van der Waals surface area contributed by atoms with Crippen LogP contribution in [0.5, 0.6) is 23.0 Å². The van der Waals surface area contributed by atoms with Crippen LogP contribution in [0.25, 0.3) is 11.0 Å². The van der Waals surface area contributed by atoms with Gasteiger partial charge in [0.25, 0.3) is 5.76 Å². The molecule has 0 amide bonds. The summed E-state index contributed by atoms with van der Waals surface area (Å²) in [6.07, 6.45) is -3.46. The van der Waals surface area contributed by atoms with E-state index in [0.717, 1.165) is 17.7 Å². The van der Waals surface area contributed by atoms with Crippen molar-refractivity contribution in [1.29, 1.82) is 0 Å². The Morgan fingerprint density at radius 3 is 2.12 bits per heavy atom. The largest absolute Gasteiger partial charge is 0.494 e. The number of esters is 1. The Bertz CT molecular complexity index is 1610. The Balaban J connectivity index is 1.87. The number of fused-ring (bicyclic) bond motifs is 1. The van der Waals surface area contributed by atoms with Gasteiger partial charge < -0.3 is 23.5 Å². The molecule has 1 N–H and O–H groups in total. The number of ether oxygens (including phenoxy) is 3. The standard InChI is InChI=1S/C32H31ClF3NO6/c1-4-17-37(18-5-2)19-25-26(42-31(39)20-7-11-22(12-8-20)40-6-3)16-15-24-27(38)29(30(32(34,35)36)43-28(24)25)41-23-13-9-21(33)10-14-23/h7-16H,4-6,17-19H2,1-3H3/p+1. The highest BCUT2D eigenvalue weighted by Crippen LogP contribution is 2.40. The maximum Gasteiger partial charge on any atom is 0.453 e. The van der Waals surface area contributed by atoms with Crippen molar-refractivity contribution < 1.29 is 41.5 Å². The Labute approximate surface area is 251 Å². The van der Waals surface area contributed by atoms with Crippen LogP contribution in [-0.4, -0.2) is 25.7 Å². The molecule has 4 rings (SSSR count). The minimum Gasteiger partial charge on any atom is -0.494 e. The molecular formula is C32H32ClF3NO6+. The summed E-state index contributed by atoms with van der Waals surface area (Å²) < 4.78 is 65.1. The van der Waals surface area contributed by atoms with Gasteiger partial charge >= 0.3 is 12.1 Å². The first-order valence-corrected chi connectivity index (χ1v) is 14.3. The van der Waals surface area contributed by atoms with Crippen molar-refractivity contribution in [2.24, 2.45) is 0 Å². The number of carbonyl (C=O) groups is 1. The van der Waals surface area contributed by atoms with Gasteiger partial charge in [0.05, 0.1) is 36.2 Å². The highest BCUT2D eigenvalue weighted by molar-refractivity contribution is 6.30. The van der Waals surface area contributed by atoms with Gasteiger partial charge in [0.2, 0.25) is 11.2 Å². The van der Waals surface area contributed by atoms with Gasteiger partial charge in [-0.1, -0.05) is 25.4 Å². The second kappa shape index (κ2) is 14.0. The van der Waals surface area contributed by atoms with Crippen LogP contribution in [0.3, 0.4) is 0 Å². The molecule has 3 aromatic carbocycles. The molecule has 228 valence electrons. The lowest BCUT2D eigenvalue weighted by molar-refractivity contribution is -0.913. The molecule has 43 heavy (non-hydrogen) atoms. The number of carbonyl (C=O) groups excluding carboxylic acids is 1. The minimum absolute atomic E-state index is 0.00117. The van der Waals surface area contributed by atoms with Crippen molar-refractivity contribution in [3.8, 4) is 23.0 Å². The van der Waals surface area contributed by atoms with E-state index in [2.05, 4.69) is 0 Å². The van der Waals surface area contributed by atoms with Crippen LogP contribution in [0.2, 0.25) is 5.02 Å². The normalized spacial score (nSPS) is 11.6. The SMILES string of the molecule is CCC[NH+](CCC)Cc1c(OC(=O)c2ccc(OCC)cc2)ccc2c(=O)c(Oc3ccc(Cl)cc3)c(C(F)(F)F)oc12. The molecule has 0 atom stereocenters. The molecule has 0 bridgehead atoms. The van der Waals surface area contributed by atoms with E-state index >= 15 is 0 Å². The lowest BCUT2D eigenvalue weighted by Crippen LogP contribution is -3.10. The zero-order valence-corrected chi connectivity index (χ0v) is 24.7. The summed E-state index contributed by atoms with van der Waals surface area (Å²) in [5.74, 6) is -2.77. The van der Waals surface area contributed by atoms with Crippen molar-refractivity contribution in [3.63, 3.8) is 0 Å². The maximum absolute atomic E-state index is 14.3. The van der Waals surface area contributed by atoms with Crippen LogP contribution in [0.15, 0.2) is 69.9 Å². The first-order chi connectivity index (χ1) is 20.5. The summed E-state index contributed by atoms with van der Waals surface area (Å²) in [4.78, 5) is 27.7. The van der Waals surface area contributed by atoms with E-state index in [0.29, 0.717) is 30.5 Å². The molecule has 11 heteroatoms. The molecule has 0 unspecified atom stereocenters. The predicted molar refractivity (Wildman–Crippen MR) is 157 cm³/mol. The Hall–Kier alpha value is -4.02. The van der Waals surface area contributed by atoms with Gasteiger partial charge in [0.15, 0.2) is 5.58 Å². The fourth-order valence-electron chi connectivity index (χ4n) is 4.71. The van der Waals surface area contributed by atoms with Crippen LogP contribution in [0, 0.1) is 0 Å². The van der Waals surface area contributed by atoms with E-state index in [1.165, 1.54) is 48.5 Å². The van der Waals surface area contributed by atoms with Gasteiger partial charge in [0, 0.05) is 5.02 Å². The van der Waals surface area contributed by atoms with Gasteiger partial charge in [-0.15, -0.1) is 0 Å². The van der Waals surface area contributed by atoms with Crippen molar-refractivity contribution in [3.05, 3.63) is 92.8 Å². The summed E-state index contributed by atoms with van der Waals surface area (Å²) >= 11 is 5.88. The summed E-state index contributed by atoms with van der Waals surface area (Å²) in [5.41, 5.74) is -0.941. The number of alkyl halides is 3. The first kappa shape index (κ1) is 31.9. The number of hydrogen-bond acceptors (Lipinski definition) is 6. The zero-order valence-electron chi connectivity index (χ0n) is 24.0. The molecule has 0 fully saturated rings. The number of quaternary nitrogens is 1. The second-order valence-electron chi connectivity index (χ2n) is 9.84. The highest BCUT2D eigenvalue weighted by atomic mass is 35.5. The van der Waals surface area contributed by atoms with Crippen molar-refractivity contribution >= 4 is 28.5 Å². The smallest absolute Gasteiger partial charge is 0.453 e. The lowest BCUT2D eigenvalue weighted by Gasteiger charge is -2.21. The molecule has 7 nitrogen and oxygen atoms in total. The Morgan fingerprint density at radius 2 is 1.53 bits per heavy atom. The molecule has 1 heterocycles. The van der Waals surface area contributed by atoms with Gasteiger partial charge in [-0.2, -0.15) is 13.2 Å². The molecule has 0 saturated carbocycles. The molecule has 0 aliphatic rings. The average Bonchev–Trinajstić information content (AvgIpc) is 2.96. The Morgan fingerprint density at radius 1 is 0.907 bits per heavy atom. The predicted octanol–water partition coefficient (Wildman–Crippen LogP) is 7.08. The van der Waals surface area contributed by atoms with Crippen LogP contribution in [0.4, 0.5) is 13.2 Å². The number of hydrogen-bond donors (Lipinski definition) is 1. The van der Waals surface area contributed by atoms with Crippen molar-refractivity contribution in [1.82, 2.24) is 0 Å². The fourth-order valence-corrected chi connectivity index (χ4v) is 4.84. The molecule has 0 radical (unpaired) electrons. The molecule has 4 aromatic rings. The second-order valence-corrected chi connectivity index (χ2v) is 10.3. The monoisotopic (exact) mass is 618 g/mol. The summed E-state index contributed by atoms with van der Waals surface area (Å²) in [7, 11) is 0.